The molecule has 0 fully saturated rings. The van der Waals surface area contributed by atoms with Gasteiger partial charge < -0.3 is 19.2 Å². The third-order valence-corrected chi connectivity index (χ3v) is 5.18. The first-order chi connectivity index (χ1) is 13.9. The van der Waals surface area contributed by atoms with Gasteiger partial charge in [-0.25, -0.2) is 4.98 Å². The van der Waals surface area contributed by atoms with Crippen molar-refractivity contribution < 1.29 is 18.7 Å². The van der Waals surface area contributed by atoms with E-state index in [9.17, 15) is 4.79 Å². The van der Waals surface area contributed by atoms with Crippen molar-refractivity contribution in [1.82, 2.24) is 10.3 Å². The minimum atomic E-state index is -0.171. The molecule has 29 heavy (non-hydrogen) atoms. The SMILES string of the molecule is COc1cc(C(C)NC(=O)Cc2csc(-c3ccc(C)o3)n2)ccc1OC(C)C. The molecule has 0 bridgehead atoms. The molecule has 1 amide bonds. The maximum absolute atomic E-state index is 12.5. The number of ether oxygens (including phenoxy) is 2. The van der Waals surface area contributed by atoms with Gasteiger partial charge in [0.15, 0.2) is 22.3 Å². The van der Waals surface area contributed by atoms with Gasteiger partial charge in [-0.2, -0.15) is 0 Å². The molecule has 0 aliphatic carbocycles. The fourth-order valence-electron chi connectivity index (χ4n) is 2.90. The summed E-state index contributed by atoms with van der Waals surface area (Å²) in [6, 6.07) is 9.31. The number of hydrogen-bond donors (Lipinski definition) is 1. The summed E-state index contributed by atoms with van der Waals surface area (Å²) in [5.74, 6) is 2.81. The number of methoxy groups -OCH3 is 1. The van der Waals surface area contributed by atoms with Crippen LogP contribution in [0, 0.1) is 6.92 Å². The van der Waals surface area contributed by atoms with Gasteiger partial charge in [-0.1, -0.05) is 6.07 Å². The van der Waals surface area contributed by atoms with Gasteiger partial charge >= 0.3 is 0 Å². The Labute approximate surface area is 174 Å². The molecule has 6 nitrogen and oxygen atoms in total. The van der Waals surface area contributed by atoms with Gasteiger partial charge in [0, 0.05) is 5.38 Å². The van der Waals surface area contributed by atoms with Crippen molar-refractivity contribution in [3.8, 4) is 22.3 Å². The van der Waals surface area contributed by atoms with Gasteiger partial charge in [0.2, 0.25) is 5.91 Å². The summed E-state index contributed by atoms with van der Waals surface area (Å²) in [5.41, 5.74) is 1.67. The average Bonchev–Trinajstić information content (AvgIpc) is 3.30. The number of benzene rings is 1. The smallest absolute Gasteiger partial charge is 0.226 e. The predicted octanol–water partition coefficient (Wildman–Crippen LogP) is 4.93. The number of hydrogen-bond acceptors (Lipinski definition) is 6. The predicted molar refractivity (Wildman–Crippen MR) is 114 cm³/mol. The van der Waals surface area contributed by atoms with Crippen molar-refractivity contribution in [3.63, 3.8) is 0 Å². The molecule has 3 rings (SSSR count). The number of carbonyl (C=O) groups is 1. The maximum Gasteiger partial charge on any atom is 0.226 e. The summed E-state index contributed by atoms with van der Waals surface area (Å²) >= 11 is 1.47. The number of rotatable bonds is 8. The van der Waals surface area contributed by atoms with E-state index in [4.69, 9.17) is 13.9 Å². The highest BCUT2D eigenvalue weighted by Gasteiger charge is 2.16. The molecule has 0 aliphatic rings. The van der Waals surface area contributed by atoms with Crippen LogP contribution in [0.4, 0.5) is 0 Å². The second kappa shape index (κ2) is 9.13. The van der Waals surface area contributed by atoms with Gasteiger partial charge in [0.1, 0.15) is 5.76 Å². The summed E-state index contributed by atoms with van der Waals surface area (Å²) in [6.45, 7) is 7.76. The summed E-state index contributed by atoms with van der Waals surface area (Å²) in [6.07, 6.45) is 0.270. The molecule has 3 aromatic rings. The number of nitrogens with zero attached hydrogens (tertiary/aromatic N) is 1. The number of amides is 1. The fraction of sp³-hybridized carbons (Fsp3) is 0.364. The highest BCUT2D eigenvalue weighted by Crippen LogP contribution is 2.31. The molecule has 2 heterocycles. The van der Waals surface area contributed by atoms with Crippen molar-refractivity contribution in [1.29, 1.82) is 0 Å². The molecule has 0 saturated heterocycles. The third-order valence-electron chi connectivity index (χ3n) is 4.27. The first-order valence-corrected chi connectivity index (χ1v) is 10.4. The Balaban J connectivity index is 1.62. The second-order valence-corrected chi connectivity index (χ2v) is 7.96. The van der Waals surface area contributed by atoms with Crippen LogP contribution in [0.1, 0.15) is 43.8 Å². The minimum absolute atomic E-state index is 0.0555. The van der Waals surface area contributed by atoms with Crippen molar-refractivity contribution in [2.75, 3.05) is 7.11 Å². The van der Waals surface area contributed by atoms with Crippen molar-refractivity contribution in [3.05, 3.63) is 52.7 Å². The molecule has 1 N–H and O–H groups in total. The second-order valence-electron chi connectivity index (χ2n) is 7.10. The summed E-state index contributed by atoms with van der Waals surface area (Å²) in [4.78, 5) is 17.0. The Morgan fingerprint density at radius 3 is 2.66 bits per heavy atom. The molecular weight excluding hydrogens is 388 g/mol. The lowest BCUT2D eigenvalue weighted by Crippen LogP contribution is -2.28. The number of nitrogens with one attached hydrogen (secondary N) is 1. The normalized spacial score (nSPS) is 12.1. The highest BCUT2D eigenvalue weighted by molar-refractivity contribution is 7.13. The van der Waals surface area contributed by atoms with E-state index >= 15 is 0 Å². The average molecular weight is 415 g/mol. The third kappa shape index (κ3) is 5.38. The van der Waals surface area contributed by atoms with Crippen molar-refractivity contribution in [2.45, 2.75) is 46.3 Å². The van der Waals surface area contributed by atoms with Crippen LogP contribution < -0.4 is 14.8 Å². The van der Waals surface area contributed by atoms with E-state index in [1.54, 1.807) is 7.11 Å². The first kappa shape index (κ1) is 20.9. The number of carbonyl (C=O) groups excluding carboxylic acids is 1. The van der Waals surface area contributed by atoms with E-state index < -0.39 is 0 Å². The highest BCUT2D eigenvalue weighted by atomic mass is 32.1. The first-order valence-electron chi connectivity index (χ1n) is 9.51. The molecular formula is C22H26N2O4S. The monoisotopic (exact) mass is 414 g/mol. The zero-order valence-electron chi connectivity index (χ0n) is 17.3. The lowest BCUT2D eigenvalue weighted by Gasteiger charge is -2.18. The van der Waals surface area contributed by atoms with E-state index in [0.29, 0.717) is 11.5 Å². The number of thiazole rings is 1. The lowest BCUT2D eigenvalue weighted by atomic mass is 10.1. The summed E-state index contributed by atoms with van der Waals surface area (Å²) in [7, 11) is 1.61. The molecule has 154 valence electrons. The molecule has 1 unspecified atom stereocenters. The minimum Gasteiger partial charge on any atom is -0.493 e. The Morgan fingerprint density at radius 1 is 1.21 bits per heavy atom. The molecule has 1 aromatic carbocycles. The largest absolute Gasteiger partial charge is 0.493 e. The van der Waals surface area contributed by atoms with E-state index in [1.165, 1.54) is 11.3 Å². The van der Waals surface area contributed by atoms with E-state index in [-0.39, 0.29) is 24.5 Å². The van der Waals surface area contributed by atoms with Crippen molar-refractivity contribution >= 4 is 17.2 Å². The van der Waals surface area contributed by atoms with Gasteiger partial charge in [-0.3, -0.25) is 4.79 Å². The zero-order chi connectivity index (χ0) is 21.0. The van der Waals surface area contributed by atoms with E-state index in [0.717, 1.165) is 27.8 Å². The zero-order valence-corrected chi connectivity index (χ0v) is 18.1. The Morgan fingerprint density at radius 2 is 2.00 bits per heavy atom. The molecule has 7 heteroatoms. The number of aryl methyl sites for hydroxylation is 1. The van der Waals surface area contributed by atoms with Crippen LogP contribution in [0.5, 0.6) is 11.5 Å². The lowest BCUT2D eigenvalue weighted by molar-refractivity contribution is -0.121. The van der Waals surface area contributed by atoms with Crippen LogP contribution in [0.2, 0.25) is 0 Å². The van der Waals surface area contributed by atoms with Gasteiger partial charge in [-0.05, 0) is 57.5 Å². The van der Waals surface area contributed by atoms with E-state index in [2.05, 4.69) is 10.3 Å². The van der Waals surface area contributed by atoms with Crippen LogP contribution >= 0.6 is 11.3 Å². The molecule has 0 saturated carbocycles. The van der Waals surface area contributed by atoms with Crippen LogP contribution in [0.25, 0.3) is 10.8 Å². The molecule has 0 radical (unpaired) electrons. The Kier molecular flexibility index (Phi) is 6.59. The summed E-state index contributed by atoms with van der Waals surface area (Å²) in [5, 5.41) is 5.68. The van der Waals surface area contributed by atoms with Crippen LogP contribution in [0.15, 0.2) is 40.1 Å². The molecule has 2 aromatic heterocycles. The van der Waals surface area contributed by atoms with Crippen LogP contribution in [-0.2, 0) is 11.2 Å². The number of furan rings is 1. The fourth-order valence-corrected chi connectivity index (χ4v) is 3.68. The van der Waals surface area contributed by atoms with E-state index in [1.807, 2.05) is 63.4 Å². The summed E-state index contributed by atoms with van der Waals surface area (Å²) < 4.78 is 16.8. The molecule has 1 atom stereocenters. The van der Waals surface area contributed by atoms with Crippen LogP contribution in [0.3, 0.4) is 0 Å². The Hall–Kier alpha value is -2.80. The quantitative estimate of drug-likeness (QED) is 0.566. The topological polar surface area (TPSA) is 73.6 Å². The molecule has 0 aliphatic heterocycles. The van der Waals surface area contributed by atoms with Gasteiger partial charge in [0.25, 0.3) is 0 Å². The van der Waals surface area contributed by atoms with Gasteiger partial charge in [0.05, 0.1) is 31.4 Å². The number of aromatic nitrogens is 1. The molecule has 0 spiro atoms. The van der Waals surface area contributed by atoms with Crippen molar-refractivity contribution in [2.24, 2.45) is 0 Å². The van der Waals surface area contributed by atoms with Gasteiger partial charge in [-0.15, -0.1) is 11.3 Å². The Bertz CT molecular complexity index is 977. The standard InChI is InChI=1S/C22H26N2O4S/c1-13(2)27-18-9-7-16(10-20(18)26-5)15(4)23-21(25)11-17-12-29-22(24-17)19-8-6-14(3)28-19/h6-10,12-13,15H,11H2,1-5H3,(H,23,25). The van der Waals surface area contributed by atoms with Crippen LogP contribution in [-0.4, -0.2) is 24.1 Å². The maximum atomic E-state index is 12.5.